The van der Waals surface area contributed by atoms with Crippen LogP contribution in [0.2, 0.25) is 0 Å². The first-order valence-corrected chi connectivity index (χ1v) is 7.53. The summed E-state index contributed by atoms with van der Waals surface area (Å²) >= 11 is 0. The standard InChI is InChI=1S/C19H22O/c1-13(2)14-3-9-17(10-4-14)19(20)18-11-7-16(8-12-18)15-5-6-15/h3-4,7-13,15,19-20H,5-6H2,1-2H3. The van der Waals surface area contributed by atoms with Gasteiger partial charge in [0.05, 0.1) is 0 Å². The fraction of sp³-hybridized carbons (Fsp3) is 0.368. The van der Waals surface area contributed by atoms with E-state index in [-0.39, 0.29) is 0 Å². The zero-order chi connectivity index (χ0) is 14.1. The molecule has 1 saturated carbocycles. The zero-order valence-electron chi connectivity index (χ0n) is 12.2. The van der Waals surface area contributed by atoms with Gasteiger partial charge in [-0.05, 0) is 46.9 Å². The van der Waals surface area contributed by atoms with E-state index in [9.17, 15) is 5.11 Å². The van der Waals surface area contributed by atoms with E-state index in [1.54, 1.807) is 0 Å². The molecule has 0 amide bonds. The first kappa shape index (κ1) is 13.4. The molecule has 0 saturated heterocycles. The third-order valence-corrected chi connectivity index (χ3v) is 4.22. The molecule has 3 rings (SSSR count). The van der Waals surface area contributed by atoms with Gasteiger partial charge >= 0.3 is 0 Å². The summed E-state index contributed by atoms with van der Waals surface area (Å²) in [6.07, 6.45) is 2.11. The Hall–Kier alpha value is -1.60. The molecule has 1 N–H and O–H groups in total. The Morgan fingerprint density at radius 1 is 0.800 bits per heavy atom. The lowest BCUT2D eigenvalue weighted by Crippen LogP contribution is -2.00. The molecule has 1 aliphatic rings. The van der Waals surface area contributed by atoms with Crippen LogP contribution < -0.4 is 0 Å². The molecule has 0 heterocycles. The van der Waals surface area contributed by atoms with E-state index in [2.05, 4.69) is 50.2 Å². The van der Waals surface area contributed by atoms with E-state index >= 15 is 0 Å². The summed E-state index contributed by atoms with van der Waals surface area (Å²) in [6.45, 7) is 4.37. The third-order valence-electron chi connectivity index (χ3n) is 4.22. The van der Waals surface area contributed by atoms with Crippen LogP contribution in [0, 0.1) is 0 Å². The number of hydrogen-bond acceptors (Lipinski definition) is 1. The van der Waals surface area contributed by atoms with Crippen LogP contribution in [-0.4, -0.2) is 5.11 Å². The molecule has 2 aromatic rings. The largest absolute Gasteiger partial charge is 0.384 e. The molecule has 0 aliphatic heterocycles. The molecule has 1 aliphatic carbocycles. The molecule has 0 spiro atoms. The Labute approximate surface area is 121 Å². The normalized spacial score (nSPS) is 16.4. The van der Waals surface area contributed by atoms with Crippen LogP contribution in [0.3, 0.4) is 0 Å². The van der Waals surface area contributed by atoms with Gasteiger partial charge in [-0.15, -0.1) is 0 Å². The maximum absolute atomic E-state index is 10.5. The number of benzene rings is 2. The molecular weight excluding hydrogens is 244 g/mol. The summed E-state index contributed by atoms with van der Waals surface area (Å²) in [4.78, 5) is 0. The monoisotopic (exact) mass is 266 g/mol. The van der Waals surface area contributed by atoms with Gasteiger partial charge in [0.25, 0.3) is 0 Å². The highest BCUT2D eigenvalue weighted by Gasteiger charge is 2.23. The lowest BCUT2D eigenvalue weighted by Gasteiger charge is -2.13. The van der Waals surface area contributed by atoms with Crippen LogP contribution in [0.4, 0.5) is 0 Å². The molecule has 1 heteroatoms. The van der Waals surface area contributed by atoms with Crippen LogP contribution in [0.25, 0.3) is 0 Å². The third kappa shape index (κ3) is 2.78. The average Bonchev–Trinajstić information content (AvgIpc) is 3.31. The molecule has 0 bridgehead atoms. The Bertz CT molecular complexity index is 516. The second-order valence-corrected chi connectivity index (χ2v) is 6.16. The van der Waals surface area contributed by atoms with Crippen molar-refractivity contribution in [2.45, 2.75) is 44.6 Å². The number of aliphatic hydroxyl groups excluding tert-OH is 1. The highest BCUT2D eigenvalue weighted by molar-refractivity contribution is 5.35. The summed E-state index contributed by atoms with van der Waals surface area (Å²) in [5, 5.41) is 10.5. The molecule has 104 valence electrons. The second kappa shape index (κ2) is 5.41. The molecule has 1 atom stereocenters. The molecular formula is C19H22O. The minimum Gasteiger partial charge on any atom is -0.384 e. The van der Waals surface area contributed by atoms with E-state index in [0.717, 1.165) is 17.0 Å². The van der Waals surface area contributed by atoms with Crippen molar-refractivity contribution in [2.75, 3.05) is 0 Å². The van der Waals surface area contributed by atoms with Gasteiger partial charge in [-0.25, -0.2) is 0 Å². The van der Waals surface area contributed by atoms with Gasteiger partial charge in [-0.1, -0.05) is 62.4 Å². The van der Waals surface area contributed by atoms with Crippen molar-refractivity contribution in [2.24, 2.45) is 0 Å². The van der Waals surface area contributed by atoms with Gasteiger partial charge in [0.2, 0.25) is 0 Å². The van der Waals surface area contributed by atoms with Crippen molar-refractivity contribution in [3.05, 3.63) is 70.8 Å². The quantitative estimate of drug-likeness (QED) is 0.845. The van der Waals surface area contributed by atoms with Gasteiger partial charge in [-0.3, -0.25) is 0 Å². The Kier molecular flexibility index (Phi) is 3.62. The fourth-order valence-electron chi connectivity index (χ4n) is 2.62. The van der Waals surface area contributed by atoms with Crippen molar-refractivity contribution in [1.29, 1.82) is 0 Å². The molecule has 0 radical (unpaired) electrons. The fourth-order valence-corrected chi connectivity index (χ4v) is 2.62. The number of aliphatic hydroxyl groups is 1. The van der Waals surface area contributed by atoms with E-state index in [1.807, 2.05) is 12.1 Å². The molecule has 20 heavy (non-hydrogen) atoms. The highest BCUT2D eigenvalue weighted by Crippen LogP contribution is 2.40. The molecule has 1 nitrogen and oxygen atoms in total. The zero-order valence-corrected chi connectivity index (χ0v) is 12.2. The molecule has 1 unspecified atom stereocenters. The Morgan fingerprint density at radius 2 is 1.25 bits per heavy atom. The summed E-state index contributed by atoms with van der Waals surface area (Å²) < 4.78 is 0. The topological polar surface area (TPSA) is 20.2 Å². The van der Waals surface area contributed by atoms with Gasteiger partial charge in [0.1, 0.15) is 6.10 Å². The smallest absolute Gasteiger partial charge is 0.104 e. The van der Waals surface area contributed by atoms with Crippen LogP contribution in [-0.2, 0) is 0 Å². The van der Waals surface area contributed by atoms with Crippen molar-refractivity contribution in [3.63, 3.8) is 0 Å². The predicted molar refractivity (Wildman–Crippen MR) is 83.0 cm³/mol. The summed E-state index contributed by atoms with van der Waals surface area (Å²) in [7, 11) is 0. The van der Waals surface area contributed by atoms with Gasteiger partial charge in [0, 0.05) is 0 Å². The maximum atomic E-state index is 10.5. The van der Waals surface area contributed by atoms with Crippen molar-refractivity contribution < 1.29 is 5.11 Å². The summed E-state index contributed by atoms with van der Waals surface area (Å²) in [5.74, 6) is 1.30. The van der Waals surface area contributed by atoms with Crippen molar-refractivity contribution in [1.82, 2.24) is 0 Å². The van der Waals surface area contributed by atoms with Crippen LogP contribution in [0.5, 0.6) is 0 Å². The predicted octanol–water partition coefficient (Wildman–Crippen LogP) is 4.77. The average molecular weight is 266 g/mol. The van der Waals surface area contributed by atoms with E-state index in [1.165, 1.54) is 24.0 Å². The van der Waals surface area contributed by atoms with E-state index in [0.29, 0.717) is 5.92 Å². The number of rotatable bonds is 4. The Morgan fingerprint density at radius 3 is 1.70 bits per heavy atom. The SMILES string of the molecule is CC(C)c1ccc(C(O)c2ccc(C3CC3)cc2)cc1. The first-order valence-electron chi connectivity index (χ1n) is 7.53. The highest BCUT2D eigenvalue weighted by atomic mass is 16.3. The van der Waals surface area contributed by atoms with Crippen molar-refractivity contribution >= 4 is 0 Å². The minimum atomic E-state index is -0.524. The molecule has 0 aromatic heterocycles. The van der Waals surface area contributed by atoms with Crippen LogP contribution in [0.1, 0.15) is 66.9 Å². The van der Waals surface area contributed by atoms with Crippen molar-refractivity contribution in [3.8, 4) is 0 Å². The summed E-state index contributed by atoms with van der Waals surface area (Å²) in [5.41, 5.74) is 4.67. The second-order valence-electron chi connectivity index (χ2n) is 6.16. The molecule has 1 fully saturated rings. The lowest BCUT2D eigenvalue weighted by atomic mass is 9.96. The van der Waals surface area contributed by atoms with Crippen LogP contribution >= 0.6 is 0 Å². The van der Waals surface area contributed by atoms with Gasteiger partial charge < -0.3 is 5.11 Å². The molecule has 2 aromatic carbocycles. The summed E-state index contributed by atoms with van der Waals surface area (Å²) in [6, 6.07) is 16.8. The van der Waals surface area contributed by atoms with E-state index in [4.69, 9.17) is 0 Å². The minimum absolute atomic E-state index is 0.524. The lowest BCUT2D eigenvalue weighted by molar-refractivity contribution is 0.220. The van der Waals surface area contributed by atoms with Gasteiger partial charge in [0.15, 0.2) is 0 Å². The number of hydrogen-bond donors (Lipinski definition) is 1. The van der Waals surface area contributed by atoms with Crippen LogP contribution in [0.15, 0.2) is 48.5 Å². The van der Waals surface area contributed by atoms with E-state index < -0.39 is 6.10 Å². The first-order chi connectivity index (χ1) is 9.65. The maximum Gasteiger partial charge on any atom is 0.104 e. The van der Waals surface area contributed by atoms with Gasteiger partial charge in [-0.2, -0.15) is 0 Å². The Balaban J connectivity index is 1.78.